The van der Waals surface area contributed by atoms with Gasteiger partial charge < -0.3 is 5.32 Å². The Morgan fingerprint density at radius 1 is 1.50 bits per heavy atom. The van der Waals surface area contributed by atoms with Gasteiger partial charge in [-0.15, -0.1) is 0 Å². The van der Waals surface area contributed by atoms with Crippen molar-refractivity contribution in [1.29, 1.82) is 0 Å². The van der Waals surface area contributed by atoms with Crippen molar-refractivity contribution in [2.75, 3.05) is 6.54 Å². The van der Waals surface area contributed by atoms with Crippen LogP contribution in [0.1, 0.15) is 11.4 Å². The molecule has 1 heterocycles. The van der Waals surface area contributed by atoms with Gasteiger partial charge in [-0.2, -0.15) is 5.10 Å². The van der Waals surface area contributed by atoms with Crippen LogP contribution in [-0.2, 0) is 20.0 Å². The summed E-state index contributed by atoms with van der Waals surface area (Å²) in [6.07, 6.45) is 2.33. The highest BCUT2D eigenvalue weighted by atomic mass is 79.9. The molecule has 1 N–H and O–H groups in total. The molecule has 2 aromatic rings. The van der Waals surface area contributed by atoms with Gasteiger partial charge in [0.1, 0.15) is 6.33 Å². The van der Waals surface area contributed by atoms with E-state index in [0.29, 0.717) is 25.1 Å². The number of nitro groups is 1. The summed E-state index contributed by atoms with van der Waals surface area (Å²) in [7, 11) is 1.81. The average molecular weight is 340 g/mol. The van der Waals surface area contributed by atoms with Crippen LogP contribution >= 0.6 is 15.9 Å². The predicted octanol–water partition coefficient (Wildman–Crippen LogP) is 1.82. The number of aromatic nitrogens is 3. The van der Waals surface area contributed by atoms with Gasteiger partial charge in [0.05, 0.1) is 4.92 Å². The van der Waals surface area contributed by atoms with Crippen molar-refractivity contribution in [2.45, 2.75) is 13.0 Å². The molecule has 1 aromatic carbocycles. The first-order valence-electron chi connectivity index (χ1n) is 6.04. The highest BCUT2D eigenvalue weighted by Gasteiger charge is 2.13. The van der Waals surface area contributed by atoms with Gasteiger partial charge in [-0.1, -0.05) is 15.9 Å². The molecule has 0 aliphatic rings. The molecule has 0 bridgehead atoms. The molecule has 0 saturated heterocycles. The molecule has 0 aliphatic heterocycles. The largest absolute Gasteiger partial charge is 0.312 e. The van der Waals surface area contributed by atoms with Crippen LogP contribution in [0.25, 0.3) is 0 Å². The Hall–Kier alpha value is -1.80. The number of rotatable bonds is 6. The van der Waals surface area contributed by atoms with E-state index in [4.69, 9.17) is 0 Å². The van der Waals surface area contributed by atoms with Crippen LogP contribution in [-0.4, -0.2) is 26.2 Å². The summed E-state index contributed by atoms with van der Waals surface area (Å²) >= 11 is 3.32. The van der Waals surface area contributed by atoms with E-state index in [0.717, 1.165) is 10.3 Å². The Balaban J connectivity index is 1.90. The van der Waals surface area contributed by atoms with E-state index >= 15 is 0 Å². The van der Waals surface area contributed by atoms with Crippen LogP contribution in [0.3, 0.4) is 0 Å². The van der Waals surface area contributed by atoms with Gasteiger partial charge in [0.25, 0.3) is 5.69 Å². The number of nitrogens with one attached hydrogen (secondary N) is 1. The summed E-state index contributed by atoms with van der Waals surface area (Å²) < 4.78 is 2.47. The van der Waals surface area contributed by atoms with Gasteiger partial charge in [-0.25, -0.2) is 4.98 Å². The highest BCUT2D eigenvalue weighted by Crippen LogP contribution is 2.22. The van der Waals surface area contributed by atoms with Crippen molar-refractivity contribution < 1.29 is 4.92 Å². The smallest absolute Gasteiger partial charge is 0.273 e. The van der Waals surface area contributed by atoms with E-state index in [-0.39, 0.29) is 10.6 Å². The number of benzene rings is 1. The summed E-state index contributed by atoms with van der Waals surface area (Å²) in [5.74, 6) is 0.753. The van der Waals surface area contributed by atoms with Gasteiger partial charge in [0, 0.05) is 42.7 Å². The van der Waals surface area contributed by atoms with Gasteiger partial charge >= 0.3 is 0 Å². The zero-order chi connectivity index (χ0) is 14.5. The summed E-state index contributed by atoms with van der Waals surface area (Å²) in [6, 6.07) is 4.92. The monoisotopic (exact) mass is 339 g/mol. The molecule has 0 fully saturated rings. The molecule has 106 valence electrons. The van der Waals surface area contributed by atoms with E-state index in [9.17, 15) is 10.1 Å². The third kappa shape index (κ3) is 3.84. The molecular weight excluding hydrogens is 326 g/mol. The fraction of sp³-hybridized carbons (Fsp3) is 0.333. The quantitative estimate of drug-likeness (QED) is 0.492. The minimum absolute atomic E-state index is 0.122. The topological polar surface area (TPSA) is 85.9 Å². The Kier molecular flexibility index (Phi) is 4.80. The Morgan fingerprint density at radius 3 is 2.95 bits per heavy atom. The fourth-order valence-corrected chi connectivity index (χ4v) is 2.20. The molecule has 0 radical (unpaired) electrons. The van der Waals surface area contributed by atoms with Crippen LogP contribution < -0.4 is 5.32 Å². The second kappa shape index (κ2) is 6.58. The maximum Gasteiger partial charge on any atom is 0.273 e. The number of aryl methyl sites for hydroxylation is 1. The highest BCUT2D eigenvalue weighted by molar-refractivity contribution is 9.10. The van der Waals surface area contributed by atoms with Gasteiger partial charge in [0.15, 0.2) is 5.82 Å². The summed E-state index contributed by atoms with van der Waals surface area (Å²) in [5.41, 5.74) is 0.773. The first-order valence-corrected chi connectivity index (χ1v) is 6.83. The second-order valence-electron chi connectivity index (χ2n) is 4.29. The number of nitrogens with zero attached hydrogens (tertiary/aromatic N) is 4. The van der Waals surface area contributed by atoms with E-state index in [1.807, 2.05) is 7.05 Å². The van der Waals surface area contributed by atoms with E-state index in [1.165, 1.54) is 6.07 Å². The lowest BCUT2D eigenvalue weighted by Gasteiger charge is -2.05. The lowest BCUT2D eigenvalue weighted by molar-refractivity contribution is -0.385. The zero-order valence-corrected chi connectivity index (χ0v) is 12.5. The van der Waals surface area contributed by atoms with Gasteiger partial charge in [-0.05, 0) is 12.1 Å². The third-order valence-corrected chi connectivity index (χ3v) is 3.22. The second-order valence-corrected chi connectivity index (χ2v) is 5.21. The normalized spacial score (nSPS) is 10.7. The van der Waals surface area contributed by atoms with Crippen molar-refractivity contribution in [1.82, 2.24) is 20.1 Å². The van der Waals surface area contributed by atoms with E-state index in [2.05, 4.69) is 31.3 Å². The van der Waals surface area contributed by atoms with Crippen LogP contribution in [0.15, 0.2) is 29.0 Å². The molecule has 0 spiro atoms. The van der Waals surface area contributed by atoms with Crippen molar-refractivity contribution in [2.24, 2.45) is 7.05 Å². The van der Waals surface area contributed by atoms with Crippen LogP contribution in [0.2, 0.25) is 0 Å². The lowest BCUT2D eigenvalue weighted by atomic mass is 10.2. The molecule has 0 atom stereocenters. The molecule has 0 unspecified atom stereocenters. The molecule has 20 heavy (non-hydrogen) atoms. The Bertz CT molecular complexity index is 614. The molecule has 2 rings (SSSR count). The fourth-order valence-electron chi connectivity index (χ4n) is 1.80. The van der Waals surface area contributed by atoms with Crippen LogP contribution in [0, 0.1) is 10.1 Å². The summed E-state index contributed by atoms with van der Waals surface area (Å²) in [6.45, 7) is 1.09. The van der Waals surface area contributed by atoms with Crippen molar-refractivity contribution in [3.8, 4) is 0 Å². The zero-order valence-electron chi connectivity index (χ0n) is 10.9. The predicted molar refractivity (Wildman–Crippen MR) is 77.2 cm³/mol. The molecule has 0 saturated carbocycles. The first kappa shape index (κ1) is 14.6. The SMILES string of the molecule is Cn1cnc(CCNCc2cc(Br)ccc2[N+](=O)[O-])n1. The molecular formula is C12H14BrN5O2. The molecule has 0 amide bonds. The summed E-state index contributed by atoms with van der Waals surface area (Å²) in [4.78, 5) is 14.7. The molecule has 7 nitrogen and oxygen atoms in total. The maximum absolute atomic E-state index is 10.9. The van der Waals surface area contributed by atoms with Gasteiger partial charge in [0.2, 0.25) is 0 Å². The standard InChI is InChI=1S/C12H14BrN5O2/c1-17-8-15-12(16-17)4-5-14-7-9-6-10(13)2-3-11(9)18(19)20/h2-3,6,8,14H,4-5,7H2,1H3. The number of hydrogen-bond donors (Lipinski definition) is 1. The van der Waals surface area contributed by atoms with Crippen LogP contribution in [0.5, 0.6) is 0 Å². The molecule has 1 aromatic heterocycles. The Morgan fingerprint density at radius 2 is 2.30 bits per heavy atom. The number of nitro benzene ring substituents is 1. The molecule has 0 aliphatic carbocycles. The minimum Gasteiger partial charge on any atom is -0.312 e. The van der Waals surface area contributed by atoms with E-state index in [1.54, 1.807) is 23.1 Å². The van der Waals surface area contributed by atoms with Crippen molar-refractivity contribution in [3.05, 3.63) is 50.5 Å². The van der Waals surface area contributed by atoms with Crippen molar-refractivity contribution in [3.63, 3.8) is 0 Å². The first-order chi connectivity index (χ1) is 9.56. The Labute approximate surface area is 124 Å². The molecule has 8 heteroatoms. The number of hydrogen-bond acceptors (Lipinski definition) is 5. The maximum atomic E-state index is 10.9. The third-order valence-electron chi connectivity index (χ3n) is 2.73. The lowest BCUT2D eigenvalue weighted by Crippen LogP contribution is -2.18. The summed E-state index contributed by atoms with van der Waals surface area (Å²) in [5, 5.41) is 18.3. The minimum atomic E-state index is -0.371. The average Bonchev–Trinajstić information content (AvgIpc) is 2.80. The number of halogens is 1. The van der Waals surface area contributed by atoms with Gasteiger partial charge in [-0.3, -0.25) is 14.8 Å². The van der Waals surface area contributed by atoms with Crippen LogP contribution in [0.4, 0.5) is 5.69 Å². The van der Waals surface area contributed by atoms with Crippen molar-refractivity contribution >= 4 is 21.6 Å². The van der Waals surface area contributed by atoms with E-state index < -0.39 is 0 Å².